The minimum atomic E-state index is -0.720. The highest BCUT2D eigenvalue weighted by atomic mass is 16.8. The Balaban J connectivity index is 2.22. The SMILES string of the molecule is CC(C)(C)O[N+](=O)c1cccc(OC(=O)N2CCNCC2)c1C#N. The normalized spacial score (nSPS) is 14.7. The molecule has 1 aromatic carbocycles. The zero-order valence-electron chi connectivity index (χ0n) is 14.0. The highest BCUT2D eigenvalue weighted by molar-refractivity contribution is 5.73. The maximum atomic E-state index is 12.2. The molecule has 1 aliphatic heterocycles. The predicted molar refractivity (Wildman–Crippen MR) is 85.7 cm³/mol. The number of piperazine rings is 1. The van der Waals surface area contributed by atoms with Crippen LogP contribution in [-0.2, 0) is 4.84 Å². The number of nitrogens with zero attached hydrogens (tertiary/aromatic N) is 3. The quantitative estimate of drug-likeness (QED) is 0.851. The van der Waals surface area contributed by atoms with E-state index in [0.717, 1.165) is 0 Å². The third-order valence-electron chi connectivity index (χ3n) is 3.24. The van der Waals surface area contributed by atoms with Crippen LogP contribution in [0.25, 0.3) is 0 Å². The summed E-state index contributed by atoms with van der Waals surface area (Å²) >= 11 is 0. The van der Waals surface area contributed by atoms with Crippen molar-refractivity contribution in [1.82, 2.24) is 10.2 Å². The number of hydrogen-bond donors (Lipinski definition) is 1. The summed E-state index contributed by atoms with van der Waals surface area (Å²) < 4.78 is 5.31. The Hall–Kier alpha value is -2.66. The molecule has 1 heterocycles. The predicted octanol–water partition coefficient (Wildman–Crippen LogP) is 2.10. The van der Waals surface area contributed by atoms with Crippen LogP contribution >= 0.6 is 0 Å². The number of carbonyl (C=O) groups excluding carboxylic acids is 1. The first kappa shape index (κ1) is 17.7. The largest absolute Gasteiger partial charge is 0.415 e. The van der Waals surface area contributed by atoms with E-state index in [2.05, 4.69) is 5.32 Å². The van der Waals surface area contributed by atoms with Gasteiger partial charge in [0.2, 0.25) is 0 Å². The van der Waals surface area contributed by atoms with Crippen molar-refractivity contribution in [3.63, 3.8) is 0 Å². The van der Waals surface area contributed by atoms with Gasteiger partial charge in [0, 0.05) is 32.2 Å². The van der Waals surface area contributed by atoms with Crippen LogP contribution in [0.3, 0.4) is 0 Å². The molecule has 0 bridgehead atoms. The van der Waals surface area contributed by atoms with Crippen molar-refractivity contribution in [3.05, 3.63) is 28.7 Å². The summed E-state index contributed by atoms with van der Waals surface area (Å²) in [6.45, 7) is 7.60. The molecule has 0 unspecified atom stereocenters. The fourth-order valence-electron chi connectivity index (χ4n) is 2.17. The lowest BCUT2D eigenvalue weighted by molar-refractivity contribution is -0.766. The Labute approximate surface area is 140 Å². The number of nitriles is 1. The molecule has 2 rings (SSSR count). The van der Waals surface area contributed by atoms with Crippen molar-refractivity contribution in [2.75, 3.05) is 26.2 Å². The lowest BCUT2D eigenvalue weighted by Crippen LogP contribution is -2.47. The topological polar surface area (TPSA) is 94.7 Å². The summed E-state index contributed by atoms with van der Waals surface area (Å²) in [5.41, 5.74) is -0.764. The number of hydrogen-bond acceptors (Lipinski definition) is 6. The van der Waals surface area contributed by atoms with E-state index in [-0.39, 0.29) is 21.9 Å². The van der Waals surface area contributed by atoms with Gasteiger partial charge in [0.25, 0.3) is 4.92 Å². The maximum Gasteiger partial charge on any atom is 0.415 e. The molecule has 1 aromatic rings. The third-order valence-corrected chi connectivity index (χ3v) is 3.24. The van der Waals surface area contributed by atoms with Crippen molar-refractivity contribution >= 4 is 11.8 Å². The van der Waals surface area contributed by atoms with Crippen LogP contribution in [0.5, 0.6) is 5.75 Å². The zero-order valence-corrected chi connectivity index (χ0v) is 14.0. The van der Waals surface area contributed by atoms with E-state index in [1.807, 2.05) is 6.07 Å². The molecule has 0 aromatic heterocycles. The van der Waals surface area contributed by atoms with Gasteiger partial charge in [-0.2, -0.15) is 5.26 Å². The van der Waals surface area contributed by atoms with Gasteiger partial charge in [-0.1, -0.05) is 6.07 Å². The smallest absolute Gasteiger partial charge is 0.409 e. The fraction of sp³-hybridized carbons (Fsp3) is 0.500. The van der Waals surface area contributed by atoms with Gasteiger partial charge in [-0.15, -0.1) is 0 Å². The molecular formula is C16H21N4O4+. The summed E-state index contributed by atoms with van der Waals surface area (Å²) in [6.07, 6.45) is -0.542. The van der Waals surface area contributed by atoms with Crippen molar-refractivity contribution in [2.45, 2.75) is 26.4 Å². The van der Waals surface area contributed by atoms with E-state index < -0.39 is 11.7 Å². The number of nitrogens with one attached hydrogen (secondary N) is 1. The van der Waals surface area contributed by atoms with E-state index >= 15 is 0 Å². The average molecular weight is 333 g/mol. The Bertz CT molecular complexity index is 670. The van der Waals surface area contributed by atoms with Crippen LogP contribution in [0.4, 0.5) is 10.5 Å². The monoisotopic (exact) mass is 333 g/mol. The summed E-state index contributed by atoms with van der Waals surface area (Å²) in [5.74, 6) is 0.0388. The van der Waals surface area contributed by atoms with E-state index in [4.69, 9.17) is 9.57 Å². The second-order valence-corrected chi connectivity index (χ2v) is 6.33. The zero-order chi connectivity index (χ0) is 17.7. The molecule has 8 heteroatoms. The van der Waals surface area contributed by atoms with E-state index in [1.54, 1.807) is 25.7 Å². The molecule has 0 radical (unpaired) electrons. The van der Waals surface area contributed by atoms with E-state index in [9.17, 15) is 15.0 Å². The highest BCUT2D eigenvalue weighted by Gasteiger charge is 2.31. The third kappa shape index (κ3) is 4.43. The Morgan fingerprint density at radius 1 is 1.33 bits per heavy atom. The van der Waals surface area contributed by atoms with Crippen molar-refractivity contribution < 1.29 is 19.3 Å². The lowest BCUT2D eigenvalue weighted by atomic mass is 10.1. The van der Waals surface area contributed by atoms with Crippen LogP contribution in [0, 0.1) is 16.2 Å². The van der Waals surface area contributed by atoms with Crippen LogP contribution in [0.15, 0.2) is 18.2 Å². The van der Waals surface area contributed by atoms with Crippen LogP contribution in [0.1, 0.15) is 26.3 Å². The number of benzene rings is 1. The minimum absolute atomic E-state index is 0.00182. The van der Waals surface area contributed by atoms with Crippen molar-refractivity contribution in [1.29, 1.82) is 5.26 Å². The van der Waals surface area contributed by atoms with Gasteiger partial charge >= 0.3 is 11.8 Å². The van der Waals surface area contributed by atoms with Crippen molar-refractivity contribution in [2.24, 2.45) is 0 Å². The van der Waals surface area contributed by atoms with Gasteiger partial charge in [0.05, 0.1) is 4.91 Å². The molecule has 8 nitrogen and oxygen atoms in total. The molecule has 0 atom stereocenters. The molecule has 24 heavy (non-hydrogen) atoms. The van der Waals surface area contributed by atoms with Crippen LogP contribution in [0.2, 0.25) is 0 Å². The second kappa shape index (κ2) is 7.27. The number of rotatable bonds is 3. The molecule has 0 aliphatic carbocycles. The fourth-order valence-corrected chi connectivity index (χ4v) is 2.17. The number of carbonyl (C=O) groups is 1. The molecule has 1 N–H and O–H groups in total. The van der Waals surface area contributed by atoms with Gasteiger partial charge in [-0.05, 0) is 26.8 Å². The number of ether oxygens (including phenoxy) is 1. The van der Waals surface area contributed by atoms with E-state index in [0.29, 0.717) is 26.2 Å². The van der Waals surface area contributed by atoms with Gasteiger partial charge < -0.3 is 15.0 Å². The van der Waals surface area contributed by atoms with Crippen LogP contribution < -0.4 is 10.1 Å². The minimum Gasteiger partial charge on any atom is -0.409 e. The molecule has 128 valence electrons. The van der Waals surface area contributed by atoms with Crippen molar-refractivity contribution in [3.8, 4) is 11.8 Å². The first-order valence-electron chi connectivity index (χ1n) is 7.69. The maximum absolute atomic E-state index is 12.2. The van der Waals surface area contributed by atoms with E-state index in [1.165, 1.54) is 18.2 Å². The molecule has 0 spiro atoms. The molecular weight excluding hydrogens is 312 g/mol. The first-order valence-corrected chi connectivity index (χ1v) is 7.69. The molecule has 1 fully saturated rings. The standard InChI is InChI=1S/C16H21N4O4/c1-16(2,3)24-20(22)13-5-4-6-14(12(13)11-17)23-15(21)19-9-7-18-8-10-19/h4-6,18H,7-10H2,1-3H3/q+1. The molecule has 1 amide bonds. The molecule has 1 saturated heterocycles. The highest BCUT2D eigenvalue weighted by Crippen LogP contribution is 2.29. The average Bonchev–Trinajstić information content (AvgIpc) is 2.53. The first-order chi connectivity index (χ1) is 11.3. The summed E-state index contributed by atoms with van der Waals surface area (Å²) in [6, 6.07) is 6.37. The van der Waals surface area contributed by atoms with Gasteiger partial charge in [-0.3, -0.25) is 0 Å². The molecule has 1 aliphatic rings. The Morgan fingerprint density at radius 3 is 2.58 bits per heavy atom. The van der Waals surface area contributed by atoms with Gasteiger partial charge in [0.1, 0.15) is 6.07 Å². The molecule has 0 saturated carbocycles. The van der Waals surface area contributed by atoms with Crippen LogP contribution in [-0.4, -0.2) is 47.7 Å². The summed E-state index contributed by atoms with van der Waals surface area (Å²) in [7, 11) is 0. The Kier molecular flexibility index (Phi) is 5.36. The summed E-state index contributed by atoms with van der Waals surface area (Å²) in [4.78, 5) is 31.4. The lowest BCUT2D eigenvalue weighted by Gasteiger charge is -2.26. The van der Waals surface area contributed by atoms with Gasteiger partial charge in [0.15, 0.2) is 16.9 Å². The Morgan fingerprint density at radius 2 is 2.00 bits per heavy atom. The van der Waals surface area contributed by atoms with Gasteiger partial charge in [-0.25, -0.2) is 9.63 Å². The summed E-state index contributed by atoms with van der Waals surface area (Å²) in [5, 5.41) is 12.5. The second-order valence-electron chi connectivity index (χ2n) is 6.33. The number of amides is 1.